The normalized spacial score (nSPS) is 29.0. The number of ether oxygens (including phenoxy) is 1. The van der Waals surface area contributed by atoms with Gasteiger partial charge in [0.25, 0.3) is 5.91 Å². The SMILES string of the molecule is COc1ccc(CN2C(=NC(=O)C3CC3)S[C@H]3CS(=O)(=O)C[C@@H]32)cc1. The number of hydrogen-bond donors (Lipinski definition) is 0. The molecule has 6 nitrogen and oxygen atoms in total. The number of hydrogen-bond acceptors (Lipinski definition) is 5. The van der Waals surface area contributed by atoms with E-state index in [2.05, 4.69) is 4.99 Å². The Hall–Kier alpha value is -1.54. The quantitative estimate of drug-likeness (QED) is 0.791. The molecular weight excluding hydrogens is 360 g/mol. The van der Waals surface area contributed by atoms with E-state index < -0.39 is 9.84 Å². The number of aliphatic imine (C=N–C) groups is 1. The molecule has 0 aromatic heterocycles. The standard InChI is InChI=1S/C17H20N2O4S2/c1-23-13-6-2-11(3-7-13)8-19-14-9-25(21,22)10-15(14)24-17(19)18-16(20)12-4-5-12/h2-3,6-7,12,14-15H,4-5,8-10H2,1H3/t14-,15-/m0/s1. The fourth-order valence-electron chi connectivity index (χ4n) is 3.26. The summed E-state index contributed by atoms with van der Waals surface area (Å²) in [6.07, 6.45) is 1.83. The number of amides is 1. The monoisotopic (exact) mass is 380 g/mol. The second-order valence-corrected chi connectivity index (χ2v) is 10.1. The van der Waals surface area contributed by atoms with Gasteiger partial charge in [-0.05, 0) is 30.5 Å². The highest BCUT2D eigenvalue weighted by atomic mass is 32.2. The molecule has 1 aliphatic carbocycles. The fraction of sp³-hybridized carbons (Fsp3) is 0.529. The van der Waals surface area contributed by atoms with E-state index in [-0.39, 0.29) is 34.6 Å². The number of amidine groups is 1. The summed E-state index contributed by atoms with van der Waals surface area (Å²) in [6.45, 7) is 0.546. The van der Waals surface area contributed by atoms with Crippen molar-refractivity contribution in [3.05, 3.63) is 29.8 Å². The number of methoxy groups -OCH3 is 1. The Morgan fingerprint density at radius 3 is 2.64 bits per heavy atom. The van der Waals surface area contributed by atoms with Crippen molar-refractivity contribution in [1.29, 1.82) is 0 Å². The van der Waals surface area contributed by atoms with Crippen molar-refractivity contribution in [1.82, 2.24) is 4.90 Å². The van der Waals surface area contributed by atoms with Crippen LogP contribution < -0.4 is 4.74 Å². The van der Waals surface area contributed by atoms with Crippen molar-refractivity contribution in [2.24, 2.45) is 10.9 Å². The Kier molecular flexibility index (Phi) is 4.27. The molecule has 1 aromatic rings. The lowest BCUT2D eigenvalue weighted by molar-refractivity contribution is -0.118. The molecule has 8 heteroatoms. The minimum atomic E-state index is -3.02. The number of thioether (sulfide) groups is 1. The van der Waals surface area contributed by atoms with E-state index in [1.54, 1.807) is 7.11 Å². The van der Waals surface area contributed by atoms with E-state index in [4.69, 9.17) is 4.74 Å². The average molecular weight is 380 g/mol. The molecule has 0 unspecified atom stereocenters. The van der Waals surface area contributed by atoms with Crippen molar-refractivity contribution in [3.8, 4) is 5.75 Å². The van der Waals surface area contributed by atoms with Gasteiger partial charge in [-0.15, -0.1) is 0 Å². The first-order valence-corrected chi connectivity index (χ1v) is 11.0. The molecule has 0 spiro atoms. The molecule has 25 heavy (non-hydrogen) atoms. The van der Waals surface area contributed by atoms with Crippen LogP contribution in [0, 0.1) is 5.92 Å². The number of nitrogens with zero attached hydrogens (tertiary/aromatic N) is 2. The summed E-state index contributed by atoms with van der Waals surface area (Å²) in [7, 11) is -1.40. The van der Waals surface area contributed by atoms with Crippen molar-refractivity contribution in [2.45, 2.75) is 30.7 Å². The van der Waals surface area contributed by atoms with E-state index >= 15 is 0 Å². The number of rotatable bonds is 4. The molecule has 3 aliphatic rings. The first kappa shape index (κ1) is 16.9. The first-order chi connectivity index (χ1) is 11.9. The zero-order valence-corrected chi connectivity index (χ0v) is 15.6. The molecule has 2 aliphatic heterocycles. The van der Waals surface area contributed by atoms with Gasteiger partial charge in [-0.25, -0.2) is 8.42 Å². The van der Waals surface area contributed by atoms with Gasteiger partial charge in [0, 0.05) is 17.7 Å². The number of fused-ring (bicyclic) bond motifs is 1. The van der Waals surface area contributed by atoms with Crippen LogP contribution in [0.2, 0.25) is 0 Å². The molecule has 0 N–H and O–H groups in total. The Balaban J connectivity index is 1.59. The van der Waals surface area contributed by atoms with Gasteiger partial charge in [0.15, 0.2) is 15.0 Å². The minimum absolute atomic E-state index is 0.0333. The smallest absolute Gasteiger partial charge is 0.251 e. The third-order valence-corrected chi connectivity index (χ3v) is 8.07. The van der Waals surface area contributed by atoms with Gasteiger partial charge in [-0.2, -0.15) is 4.99 Å². The number of carbonyl (C=O) groups excluding carboxylic acids is 1. The zero-order valence-electron chi connectivity index (χ0n) is 13.9. The molecule has 0 radical (unpaired) electrons. The van der Waals surface area contributed by atoms with Crippen LogP contribution in [0.3, 0.4) is 0 Å². The summed E-state index contributed by atoms with van der Waals surface area (Å²) in [5.74, 6) is 1.08. The number of sulfone groups is 1. The molecule has 2 saturated heterocycles. The highest BCUT2D eigenvalue weighted by Crippen LogP contribution is 2.40. The molecule has 1 amide bonds. The average Bonchev–Trinajstić information content (AvgIpc) is 3.32. The summed E-state index contributed by atoms with van der Waals surface area (Å²) in [4.78, 5) is 18.5. The van der Waals surface area contributed by atoms with Crippen LogP contribution in [0.4, 0.5) is 0 Å². The molecule has 2 atom stereocenters. The maximum Gasteiger partial charge on any atom is 0.251 e. The molecule has 134 valence electrons. The largest absolute Gasteiger partial charge is 0.497 e. The lowest BCUT2D eigenvalue weighted by Crippen LogP contribution is -2.37. The first-order valence-electron chi connectivity index (χ1n) is 8.34. The van der Waals surface area contributed by atoms with Crippen molar-refractivity contribution in [2.75, 3.05) is 18.6 Å². The van der Waals surface area contributed by atoms with Gasteiger partial charge in [0.2, 0.25) is 0 Å². The molecule has 3 fully saturated rings. The second kappa shape index (κ2) is 6.32. The van der Waals surface area contributed by atoms with Gasteiger partial charge in [0.05, 0.1) is 24.7 Å². The number of benzene rings is 1. The Morgan fingerprint density at radius 1 is 1.28 bits per heavy atom. The van der Waals surface area contributed by atoms with E-state index in [1.165, 1.54) is 11.8 Å². The van der Waals surface area contributed by atoms with Crippen LogP contribution >= 0.6 is 11.8 Å². The molecule has 2 heterocycles. The van der Waals surface area contributed by atoms with Gasteiger partial charge in [-0.3, -0.25) is 4.79 Å². The molecule has 0 bridgehead atoms. The van der Waals surface area contributed by atoms with E-state index in [0.29, 0.717) is 11.7 Å². The van der Waals surface area contributed by atoms with Crippen LogP contribution in [0.1, 0.15) is 18.4 Å². The fourth-order valence-corrected chi connectivity index (χ4v) is 7.22. The maximum absolute atomic E-state index is 12.1. The Bertz CT molecular complexity index is 816. The Labute approximate surface area is 151 Å². The van der Waals surface area contributed by atoms with Crippen molar-refractivity contribution < 1.29 is 17.9 Å². The summed E-state index contributed by atoms with van der Waals surface area (Å²) in [6, 6.07) is 7.57. The molecular formula is C17H20N2O4S2. The molecule has 4 rings (SSSR count). The predicted octanol–water partition coefficient (Wildman–Crippen LogP) is 1.70. The Morgan fingerprint density at radius 2 is 2.00 bits per heavy atom. The summed E-state index contributed by atoms with van der Waals surface area (Å²) >= 11 is 1.44. The van der Waals surface area contributed by atoms with E-state index in [0.717, 1.165) is 24.2 Å². The second-order valence-electron chi connectivity index (χ2n) is 6.78. The van der Waals surface area contributed by atoms with Crippen LogP contribution in [0.15, 0.2) is 29.3 Å². The number of carbonyl (C=O) groups is 1. The van der Waals surface area contributed by atoms with Crippen LogP contribution in [0.5, 0.6) is 5.75 Å². The summed E-state index contributed by atoms with van der Waals surface area (Å²) in [5.41, 5.74) is 1.04. The molecule has 1 aromatic carbocycles. The highest BCUT2D eigenvalue weighted by Gasteiger charge is 2.49. The van der Waals surface area contributed by atoms with E-state index in [9.17, 15) is 13.2 Å². The summed E-state index contributed by atoms with van der Waals surface area (Å²) < 4.78 is 29.2. The lowest BCUT2D eigenvalue weighted by Gasteiger charge is -2.24. The summed E-state index contributed by atoms with van der Waals surface area (Å²) in [5, 5.41) is 0.645. The lowest BCUT2D eigenvalue weighted by atomic mass is 10.1. The molecule has 1 saturated carbocycles. The zero-order chi connectivity index (χ0) is 17.6. The van der Waals surface area contributed by atoms with Crippen LogP contribution in [-0.2, 0) is 21.2 Å². The maximum atomic E-state index is 12.1. The van der Waals surface area contributed by atoms with Crippen molar-refractivity contribution >= 4 is 32.7 Å². The predicted molar refractivity (Wildman–Crippen MR) is 97.5 cm³/mol. The van der Waals surface area contributed by atoms with Crippen LogP contribution in [0.25, 0.3) is 0 Å². The third kappa shape index (κ3) is 3.55. The van der Waals surface area contributed by atoms with Crippen LogP contribution in [-0.4, -0.2) is 54.3 Å². The van der Waals surface area contributed by atoms with E-state index in [1.807, 2.05) is 29.2 Å². The highest BCUT2D eigenvalue weighted by molar-refractivity contribution is 8.15. The van der Waals surface area contributed by atoms with Crippen molar-refractivity contribution in [3.63, 3.8) is 0 Å². The van der Waals surface area contributed by atoms with Gasteiger partial charge in [-0.1, -0.05) is 23.9 Å². The minimum Gasteiger partial charge on any atom is -0.497 e. The topological polar surface area (TPSA) is 76.0 Å². The third-order valence-electron chi connectivity index (χ3n) is 4.82. The van der Waals surface area contributed by atoms with Gasteiger partial charge in [0.1, 0.15) is 5.75 Å². The van der Waals surface area contributed by atoms with Gasteiger partial charge >= 0.3 is 0 Å². The van der Waals surface area contributed by atoms with Gasteiger partial charge < -0.3 is 9.64 Å².